The number of benzene rings is 2. The molecular formula is C20H19F3N2O2. The van der Waals surface area contributed by atoms with Gasteiger partial charge in [-0.05, 0) is 29.7 Å². The van der Waals surface area contributed by atoms with E-state index in [1.54, 1.807) is 24.3 Å². The quantitative estimate of drug-likeness (QED) is 0.784. The number of urea groups is 1. The van der Waals surface area contributed by atoms with Gasteiger partial charge in [0, 0.05) is 0 Å². The molecule has 2 aromatic rings. The molecule has 1 unspecified atom stereocenters. The third-order valence-corrected chi connectivity index (χ3v) is 4.66. The predicted molar refractivity (Wildman–Crippen MR) is 93.6 cm³/mol. The molecule has 1 atom stereocenters. The van der Waals surface area contributed by atoms with Gasteiger partial charge in [-0.3, -0.25) is 9.69 Å². The van der Waals surface area contributed by atoms with Crippen LogP contribution in [0.2, 0.25) is 0 Å². The van der Waals surface area contributed by atoms with Crippen LogP contribution < -0.4 is 5.32 Å². The third kappa shape index (κ3) is 3.54. The molecule has 7 heteroatoms. The SMILES string of the molecule is CCCC1(c2ccccc2)NC(=O)N(Cc2cccc(C(F)(F)F)c2)C1=O. The van der Waals surface area contributed by atoms with Gasteiger partial charge in [0.1, 0.15) is 5.54 Å². The van der Waals surface area contributed by atoms with Crippen molar-refractivity contribution in [1.82, 2.24) is 10.2 Å². The van der Waals surface area contributed by atoms with E-state index in [1.165, 1.54) is 12.1 Å². The van der Waals surface area contributed by atoms with Gasteiger partial charge < -0.3 is 5.32 Å². The number of hydrogen-bond donors (Lipinski definition) is 1. The fraction of sp³-hybridized carbons (Fsp3) is 0.300. The molecule has 3 rings (SSSR count). The Kier molecular flexibility index (Phi) is 4.95. The van der Waals surface area contributed by atoms with Crippen molar-refractivity contribution < 1.29 is 22.8 Å². The van der Waals surface area contributed by atoms with Crippen LogP contribution in [0.15, 0.2) is 54.6 Å². The maximum absolute atomic E-state index is 13.1. The van der Waals surface area contributed by atoms with E-state index >= 15 is 0 Å². The van der Waals surface area contributed by atoms with Crippen LogP contribution in [0.4, 0.5) is 18.0 Å². The molecule has 1 N–H and O–H groups in total. The summed E-state index contributed by atoms with van der Waals surface area (Å²) in [4.78, 5) is 26.6. The van der Waals surface area contributed by atoms with Gasteiger partial charge in [0.15, 0.2) is 0 Å². The second kappa shape index (κ2) is 7.06. The van der Waals surface area contributed by atoms with Crippen molar-refractivity contribution in [3.63, 3.8) is 0 Å². The standard InChI is InChI=1S/C20H19F3N2O2/c1-2-11-19(15-8-4-3-5-9-15)17(26)25(18(27)24-19)13-14-7-6-10-16(12-14)20(21,22)23/h3-10,12H,2,11,13H2,1H3,(H,24,27). The zero-order valence-corrected chi connectivity index (χ0v) is 14.7. The van der Waals surface area contributed by atoms with Crippen LogP contribution >= 0.6 is 0 Å². The Bertz CT molecular complexity index is 852. The Hall–Kier alpha value is -2.83. The molecule has 3 amide bonds. The van der Waals surface area contributed by atoms with E-state index in [-0.39, 0.29) is 12.1 Å². The minimum absolute atomic E-state index is 0.215. The molecule has 2 aromatic carbocycles. The average Bonchev–Trinajstić information content (AvgIpc) is 2.87. The van der Waals surface area contributed by atoms with E-state index in [1.807, 2.05) is 13.0 Å². The molecule has 0 aliphatic carbocycles. The maximum Gasteiger partial charge on any atom is 0.416 e. The number of hydrogen-bond acceptors (Lipinski definition) is 2. The molecule has 1 heterocycles. The van der Waals surface area contributed by atoms with Gasteiger partial charge >= 0.3 is 12.2 Å². The lowest BCUT2D eigenvalue weighted by atomic mass is 9.85. The Balaban J connectivity index is 1.92. The Morgan fingerprint density at radius 2 is 1.74 bits per heavy atom. The van der Waals surface area contributed by atoms with Crippen LogP contribution in [0, 0.1) is 0 Å². The Labute approximate surface area is 155 Å². The Morgan fingerprint density at radius 3 is 2.37 bits per heavy atom. The first-order chi connectivity index (χ1) is 12.8. The largest absolute Gasteiger partial charge is 0.416 e. The second-order valence-electron chi connectivity index (χ2n) is 6.54. The summed E-state index contributed by atoms with van der Waals surface area (Å²) in [5, 5.41) is 2.76. The van der Waals surface area contributed by atoms with Crippen molar-refractivity contribution in [2.45, 2.75) is 38.0 Å². The lowest BCUT2D eigenvalue weighted by molar-refractivity contribution is -0.137. The van der Waals surface area contributed by atoms with Crippen molar-refractivity contribution >= 4 is 11.9 Å². The topological polar surface area (TPSA) is 49.4 Å². The summed E-state index contributed by atoms with van der Waals surface area (Å²) < 4.78 is 38.8. The zero-order chi connectivity index (χ0) is 19.7. The smallest absolute Gasteiger partial charge is 0.319 e. The van der Waals surface area contributed by atoms with Gasteiger partial charge in [0.25, 0.3) is 5.91 Å². The first-order valence-electron chi connectivity index (χ1n) is 8.63. The van der Waals surface area contributed by atoms with Crippen molar-refractivity contribution in [2.75, 3.05) is 0 Å². The molecule has 27 heavy (non-hydrogen) atoms. The summed E-state index contributed by atoms with van der Waals surface area (Å²) in [7, 11) is 0. The number of alkyl halides is 3. The van der Waals surface area contributed by atoms with Gasteiger partial charge in [-0.15, -0.1) is 0 Å². The number of rotatable bonds is 5. The van der Waals surface area contributed by atoms with Crippen molar-refractivity contribution in [1.29, 1.82) is 0 Å². The lowest BCUT2D eigenvalue weighted by Gasteiger charge is -2.27. The van der Waals surface area contributed by atoms with Crippen molar-refractivity contribution in [2.24, 2.45) is 0 Å². The highest BCUT2D eigenvalue weighted by atomic mass is 19.4. The number of halogens is 3. The van der Waals surface area contributed by atoms with Gasteiger partial charge in [0.05, 0.1) is 12.1 Å². The van der Waals surface area contributed by atoms with Gasteiger partial charge in [-0.25, -0.2) is 4.79 Å². The first-order valence-corrected chi connectivity index (χ1v) is 8.63. The summed E-state index contributed by atoms with van der Waals surface area (Å²) in [6.45, 7) is 1.69. The highest BCUT2D eigenvalue weighted by Gasteiger charge is 2.51. The second-order valence-corrected chi connectivity index (χ2v) is 6.54. The minimum Gasteiger partial charge on any atom is -0.319 e. The summed E-state index contributed by atoms with van der Waals surface area (Å²) in [5.41, 5.74) is -1.09. The number of nitrogens with one attached hydrogen (secondary N) is 1. The summed E-state index contributed by atoms with van der Waals surface area (Å²) >= 11 is 0. The molecule has 1 saturated heterocycles. The van der Waals surface area contributed by atoms with E-state index < -0.39 is 29.2 Å². The minimum atomic E-state index is -4.48. The normalized spacial score (nSPS) is 20.1. The van der Waals surface area contributed by atoms with E-state index in [0.29, 0.717) is 18.4 Å². The fourth-order valence-electron chi connectivity index (χ4n) is 3.41. The molecule has 0 bridgehead atoms. The maximum atomic E-state index is 13.1. The van der Waals surface area contributed by atoms with Crippen molar-refractivity contribution in [3.05, 3.63) is 71.3 Å². The number of carbonyl (C=O) groups is 2. The third-order valence-electron chi connectivity index (χ3n) is 4.66. The van der Waals surface area contributed by atoms with E-state index in [0.717, 1.165) is 17.0 Å². The highest BCUT2D eigenvalue weighted by molar-refractivity contribution is 6.07. The van der Waals surface area contributed by atoms with Crippen LogP contribution in [0.25, 0.3) is 0 Å². The van der Waals surface area contributed by atoms with Gasteiger partial charge in [0.2, 0.25) is 0 Å². The molecule has 0 aromatic heterocycles. The average molecular weight is 376 g/mol. The Morgan fingerprint density at radius 1 is 1.04 bits per heavy atom. The number of imide groups is 1. The molecule has 1 aliphatic rings. The molecule has 1 fully saturated rings. The van der Waals surface area contributed by atoms with Gasteiger partial charge in [-0.1, -0.05) is 55.8 Å². The number of carbonyl (C=O) groups excluding carboxylic acids is 2. The summed E-state index contributed by atoms with van der Waals surface area (Å²) in [6.07, 6.45) is -3.43. The van der Waals surface area contributed by atoms with Crippen LogP contribution in [-0.4, -0.2) is 16.8 Å². The van der Waals surface area contributed by atoms with Crippen LogP contribution in [0.1, 0.15) is 36.5 Å². The molecule has 4 nitrogen and oxygen atoms in total. The van der Waals surface area contributed by atoms with E-state index in [2.05, 4.69) is 5.32 Å². The van der Waals surface area contributed by atoms with E-state index in [9.17, 15) is 22.8 Å². The van der Waals surface area contributed by atoms with Gasteiger partial charge in [-0.2, -0.15) is 13.2 Å². The molecule has 0 spiro atoms. The molecule has 0 saturated carbocycles. The number of nitrogens with zero attached hydrogens (tertiary/aromatic N) is 1. The first kappa shape index (κ1) is 18.9. The number of amides is 3. The lowest BCUT2D eigenvalue weighted by Crippen LogP contribution is -2.43. The van der Waals surface area contributed by atoms with E-state index in [4.69, 9.17) is 0 Å². The molecule has 0 radical (unpaired) electrons. The summed E-state index contributed by atoms with van der Waals surface area (Å²) in [5.74, 6) is -0.446. The molecular weight excluding hydrogens is 357 g/mol. The van der Waals surface area contributed by atoms with Crippen molar-refractivity contribution in [3.8, 4) is 0 Å². The summed E-state index contributed by atoms with van der Waals surface area (Å²) in [6, 6.07) is 13.0. The monoisotopic (exact) mass is 376 g/mol. The van der Waals surface area contributed by atoms with Crippen LogP contribution in [0.3, 0.4) is 0 Å². The van der Waals surface area contributed by atoms with Crippen LogP contribution in [-0.2, 0) is 23.1 Å². The van der Waals surface area contributed by atoms with Crippen LogP contribution in [0.5, 0.6) is 0 Å². The molecule has 1 aliphatic heterocycles. The predicted octanol–water partition coefficient (Wildman–Crippen LogP) is 4.45. The zero-order valence-electron chi connectivity index (χ0n) is 14.7. The highest BCUT2D eigenvalue weighted by Crippen LogP contribution is 2.35. The fourth-order valence-corrected chi connectivity index (χ4v) is 3.41. The molecule has 142 valence electrons.